The average Bonchev–Trinajstić information content (AvgIpc) is 2.65. The fourth-order valence-corrected chi connectivity index (χ4v) is 2.61. The van der Waals surface area contributed by atoms with E-state index in [4.69, 9.17) is 20.6 Å². The summed E-state index contributed by atoms with van der Waals surface area (Å²) >= 11 is 0. The minimum Gasteiger partial charge on any atom is -0.491 e. The van der Waals surface area contributed by atoms with Gasteiger partial charge in [0.15, 0.2) is 0 Å². The highest BCUT2D eigenvalue weighted by Gasteiger charge is 2.09. The first-order valence-corrected chi connectivity index (χ1v) is 8.23. The van der Waals surface area contributed by atoms with Gasteiger partial charge in [-0.15, -0.1) is 6.42 Å². The van der Waals surface area contributed by atoms with Crippen molar-refractivity contribution in [2.24, 2.45) is 0 Å². The largest absolute Gasteiger partial charge is 0.491 e. The second kappa shape index (κ2) is 8.65. The lowest BCUT2D eigenvalue weighted by Gasteiger charge is -2.26. The topological polar surface area (TPSA) is 43.8 Å². The van der Waals surface area contributed by atoms with E-state index < -0.39 is 0 Å². The molecule has 126 valence electrons. The first-order valence-electron chi connectivity index (χ1n) is 8.23. The third kappa shape index (κ3) is 4.68. The predicted octanol–water partition coefficient (Wildman–Crippen LogP) is 1.94. The SMILES string of the molecule is C#Cc1ccc2cc(OCCOCCN3CCOCC3)ccc2n1. The Hall–Kier alpha value is -2.13. The lowest BCUT2D eigenvalue weighted by molar-refractivity contribution is 0.0170. The van der Waals surface area contributed by atoms with Crippen LogP contribution in [0.5, 0.6) is 5.75 Å². The van der Waals surface area contributed by atoms with E-state index in [0.717, 1.165) is 56.1 Å². The van der Waals surface area contributed by atoms with E-state index in [2.05, 4.69) is 15.8 Å². The molecule has 1 aromatic carbocycles. The molecule has 0 aliphatic carbocycles. The molecule has 24 heavy (non-hydrogen) atoms. The minimum atomic E-state index is 0.532. The van der Waals surface area contributed by atoms with Crippen LogP contribution in [0.25, 0.3) is 10.9 Å². The van der Waals surface area contributed by atoms with Gasteiger partial charge < -0.3 is 14.2 Å². The number of rotatable bonds is 7. The van der Waals surface area contributed by atoms with E-state index >= 15 is 0 Å². The number of hydrogen-bond acceptors (Lipinski definition) is 5. The molecule has 0 radical (unpaired) electrons. The van der Waals surface area contributed by atoms with Gasteiger partial charge in [-0.05, 0) is 30.3 Å². The second-order valence-corrected chi connectivity index (χ2v) is 5.61. The number of nitrogens with zero attached hydrogens (tertiary/aromatic N) is 2. The zero-order valence-corrected chi connectivity index (χ0v) is 13.7. The monoisotopic (exact) mass is 326 g/mol. The second-order valence-electron chi connectivity index (χ2n) is 5.61. The fraction of sp³-hybridized carbons (Fsp3) is 0.421. The van der Waals surface area contributed by atoms with Crippen molar-refractivity contribution in [3.63, 3.8) is 0 Å². The van der Waals surface area contributed by atoms with Gasteiger partial charge in [0.25, 0.3) is 0 Å². The Bertz CT molecular complexity index is 705. The van der Waals surface area contributed by atoms with E-state index in [0.29, 0.717) is 18.9 Å². The number of hydrogen-bond donors (Lipinski definition) is 0. The molecule has 0 atom stereocenters. The van der Waals surface area contributed by atoms with Crippen molar-refractivity contribution in [2.75, 3.05) is 52.7 Å². The number of fused-ring (bicyclic) bond motifs is 1. The summed E-state index contributed by atoms with van der Waals surface area (Å²) in [5.74, 6) is 3.36. The van der Waals surface area contributed by atoms with Crippen LogP contribution in [0.2, 0.25) is 0 Å². The number of pyridine rings is 1. The molecule has 5 heteroatoms. The van der Waals surface area contributed by atoms with Gasteiger partial charge in [0.05, 0.1) is 31.9 Å². The molecular weight excluding hydrogens is 304 g/mol. The van der Waals surface area contributed by atoms with Crippen LogP contribution in [0.15, 0.2) is 30.3 Å². The molecule has 0 amide bonds. The number of morpholine rings is 1. The maximum Gasteiger partial charge on any atom is 0.120 e. The summed E-state index contributed by atoms with van der Waals surface area (Å²) in [4.78, 5) is 6.72. The van der Waals surface area contributed by atoms with Crippen molar-refractivity contribution in [3.05, 3.63) is 36.0 Å². The molecular formula is C19H22N2O3. The molecule has 0 N–H and O–H groups in total. The maximum atomic E-state index is 5.74. The Morgan fingerprint density at radius 2 is 2.00 bits per heavy atom. The first-order chi connectivity index (χ1) is 11.8. The van der Waals surface area contributed by atoms with Crippen LogP contribution in [0, 0.1) is 12.3 Å². The van der Waals surface area contributed by atoms with Crippen LogP contribution in [-0.2, 0) is 9.47 Å². The maximum absolute atomic E-state index is 5.74. The minimum absolute atomic E-state index is 0.532. The van der Waals surface area contributed by atoms with Crippen molar-refractivity contribution < 1.29 is 14.2 Å². The smallest absolute Gasteiger partial charge is 0.120 e. The Kier molecular flexibility index (Phi) is 6.02. The van der Waals surface area contributed by atoms with E-state index in [1.165, 1.54) is 0 Å². The van der Waals surface area contributed by atoms with Crippen molar-refractivity contribution in [1.82, 2.24) is 9.88 Å². The van der Waals surface area contributed by atoms with Gasteiger partial charge in [-0.25, -0.2) is 4.98 Å². The van der Waals surface area contributed by atoms with Gasteiger partial charge in [0.1, 0.15) is 18.1 Å². The lowest BCUT2D eigenvalue weighted by Crippen LogP contribution is -2.38. The van der Waals surface area contributed by atoms with E-state index in [1.54, 1.807) is 0 Å². The van der Waals surface area contributed by atoms with Gasteiger partial charge in [0, 0.05) is 25.0 Å². The third-order valence-electron chi connectivity index (χ3n) is 3.96. The van der Waals surface area contributed by atoms with Crippen molar-refractivity contribution in [3.8, 4) is 18.1 Å². The highest BCUT2D eigenvalue weighted by molar-refractivity contribution is 5.80. The quantitative estimate of drug-likeness (QED) is 0.575. The average molecular weight is 326 g/mol. The number of ether oxygens (including phenoxy) is 3. The summed E-state index contributed by atoms with van der Waals surface area (Å²) in [7, 11) is 0. The van der Waals surface area contributed by atoms with E-state index in [1.807, 2.05) is 30.3 Å². The summed E-state index contributed by atoms with van der Waals surface area (Å²) in [5.41, 5.74) is 1.52. The van der Waals surface area contributed by atoms with Crippen LogP contribution in [0.3, 0.4) is 0 Å². The first kappa shape index (κ1) is 16.7. The Balaban J connectivity index is 1.38. The predicted molar refractivity (Wildman–Crippen MR) is 93.3 cm³/mol. The Labute approximate surface area is 142 Å². The molecule has 1 fully saturated rings. The van der Waals surface area contributed by atoms with E-state index in [9.17, 15) is 0 Å². The molecule has 0 unspecified atom stereocenters. The van der Waals surface area contributed by atoms with Gasteiger partial charge in [0.2, 0.25) is 0 Å². The van der Waals surface area contributed by atoms with Crippen molar-refractivity contribution in [2.45, 2.75) is 0 Å². The van der Waals surface area contributed by atoms with Gasteiger partial charge in [-0.3, -0.25) is 4.90 Å². The van der Waals surface area contributed by atoms with Gasteiger partial charge >= 0.3 is 0 Å². The molecule has 2 heterocycles. The summed E-state index contributed by atoms with van der Waals surface area (Å²) in [5, 5.41) is 1.01. The van der Waals surface area contributed by atoms with Crippen molar-refractivity contribution in [1.29, 1.82) is 0 Å². The zero-order chi connectivity index (χ0) is 16.6. The molecule has 1 aliphatic rings. The molecule has 0 spiro atoms. The highest BCUT2D eigenvalue weighted by Crippen LogP contribution is 2.19. The lowest BCUT2D eigenvalue weighted by atomic mass is 10.2. The molecule has 1 aliphatic heterocycles. The zero-order valence-electron chi connectivity index (χ0n) is 13.7. The van der Waals surface area contributed by atoms with Crippen LogP contribution < -0.4 is 4.74 Å². The number of benzene rings is 1. The summed E-state index contributed by atoms with van der Waals surface area (Å²) in [6.07, 6.45) is 5.36. The molecule has 2 aromatic rings. The standard InChI is InChI=1S/C19H22N2O3/c1-2-17-4-3-16-15-18(5-6-19(16)20-17)24-14-13-23-12-9-21-7-10-22-11-8-21/h1,3-6,15H,7-14H2. The van der Waals surface area contributed by atoms with Crippen LogP contribution in [0.4, 0.5) is 0 Å². The molecule has 3 rings (SSSR count). The summed E-state index contributed by atoms with van der Waals surface area (Å²) in [6.45, 7) is 6.41. The summed E-state index contributed by atoms with van der Waals surface area (Å²) in [6, 6.07) is 9.59. The molecule has 0 saturated carbocycles. The summed E-state index contributed by atoms with van der Waals surface area (Å²) < 4.78 is 16.7. The Morgan fingerprint density at radius 3 is 2.83 bits per heavy atom. The number of terminal acetylenes is 1. The third-order valence-corrected chi connectivity index (χ3v) is 3.96. The molecule has 1 aromatic heterocycles. The Morgan fingerprint density at radius 1 is 1.12 bits per heavy atom. The number of aromatic nitrogens is 1. The van der Waals surface area contributed by atoms with Crippen molar-refractivity contribution >= 4 is 10.9 Å². The van der Waals surface area contributed by atoms with Gasteiger partial charge in [-0.2, -0.15) is 0 Å². The van der Waals surface area contributed by atoms with E-state index in [-0.39, 0.29) is 0 Å². The molecule has 5 nitrogen and oxygen atoms in total. The molecule has 0 bridgehead atoms. The van der Waals surface area contributed by atoms with Crippen LogP contribution in [-0.4, -0.2) is 62.6 Å². The van der Waals surface area contributed by atoms with Crippen LogP contribution >= 0.6 is 0 Å². The fourth-order valence-electron chi connectivity index (χ4n) is 2.61. The van der Waals surface area contributed by atoms with Gasteiger partial charge in [-0.1, -0.05) is 5.92 Å². The molecule has 1 saturated heterocycles. The normalized spacial score (nSPS) is 15.3. The van der Waals surface area contributed by atoms with Crippen LogP contribution in [0.1, 0.15) is 5.69 Å². The highest BCUT2D eigenvalue weighted by atomic mass is 16.5.